The zero-order chi connectivity index (χ0) is 15.2. The van der Waals surface area contributed by atoms with E-state index in [0.29, 0.717) is 0 Å². The van der Waals surface area contributed by atoms with Gasteiger partial charge < -0.3 is 5.32 Å². The third-order valence-corrected chi connectivity index (χ3v) is 3.30. The van der Waals surface area contributed by atoms with Gasteiger partial charge in [0, 0.05) is 17.8 Å². The molecular weight excluding hydrogens is 264 g/mol. The first kappa shape index (κ1) is 14.8. The molecule has 0 fully saturated rings. The number of aryl methyl sites for hydroxylation is 1. The Kier molecular flexibility index (Phi) is 4.72. The smallest absolute Gasteiger partial charge is 0.269 e. The molecule has 0 saturated heterocycles. The second-order valence-electron chi connectivity index (χ2n) is 4.94. The lowest BCUT2D eigenvalue weighted by atomic mass is 10.0. The number of hydrogen-bond acceptors (Lipinski definition) is 3. The maximum absolute atomic E-state index is 10.7. The summed E-state index contributed by atoms with van der Waals surface area (Å²) in [4.78, 5) is 10.3. The minimum Gasteiger partial charge on any atom is -0.378 e. The number of nitro groups is 1. The van der Waals surface area contributed by atoms with E-state index in [2.05, 4.69) is 11.9 Å². The molecule has 0 saturated carbocycles. The van der Waals surface area contributed by atoms with Gasteiger partial charge in [-0.3, -0.25) is 10.1 Å². The van der Waals surface area contributed by atoms with E-state index in [1.807, 2.05) is 37.3 Å². The molecule has 1 atom stereocenters. The van der Waals surface area contributed by atoms with Crippen molar-refractivity contribution in [2.24, 2.45) is 0 Å². The predicted octanol–water partition coefficient (Wildman–Crippen LogP) is 4.63. The fourth-order valence-corrected chi connectivity index (χ4v) is 2.12. The third kappa shape index (κ3) is 3.92. The molecule has 0 aromatic heterocycles. The highest BCUT2D eigenvalue weighted by Crippen LogP contribution is 2.25. The standard InChI is InChI=1S/C17H18N2O2/c1-3-4-17(18-15-9-5-13(2)6-10-15)14-7-11-16(12-8-14)19(20)21/h3,5-12,17-18H,1,4H2,2H3. The molecule has 0 aliphatic heterocycles. The van der Waals surface area contributed by atoms with Gasteiger partial charge in [0.1, 0.15) is 0 Å². The van der Waals surface area contributed by atoms with E-state index in [9.17, 15) is 10.1 Å². The monoisotopic (exact) mass is 282 g/mol. The molecule has 2 aromatic carbocycles. The first-order chi connectivity index (χ1) is 10.1. The SMILES string of the molecule is C=CCC(Nc1ccc(C)cc1)c1ccc([N+](=O)[O-])cc1. The van der Waals surface area contributed by atoms with Crippen LogP contribution in [0.15, 0.2) is 61.2 Å². The maximum atomic E-state index is 10.7. The Morgan fingerprint density at radius 3 is 2.33 bits per heavy atom. The number of nitrogens with one attached hydrogen (secondary N) is 1. The molecule has 1 N–H and O–H groups in total. The number of nitrogens with zero attached hydrogens (tertiary/aromatic N) is 1. The molecule has 0 amide bonds. The number of benzene rings is 2. The Bertz CT molecular complexity index is 618. The van der Waals surface area contributed by atoms with Gasteiger partial charge in [0.05, 0.1) is 11.0 Å². The fourth-order valence-electron chi connectivity index (χ4n) is 2.12. The van der Waals surface area contributed by atoms with E-state index in [1.165, 1.54) is 17.7 Å². The van der Waals surface area contributed by atoms with Crippen LogP contribution in [-0.2, 0) is 0 Å². The molecule has 0 aliphatic rings. The van der Waals surface area contributed by atoms with Crippen LogP contribution in [0.25, 0.3) is 0 Å². The molecule has 2 aromatic rings. The van der Waals surface area contributed by atoms with Crippen LogP contribution < -0.4 is 5.32 Å². The van der Waals surface area contributed by atoms with E-state index >= 15 is 0 Å². The normalized spacial score (nSPS) is 11.7. The minimum absolute atomic E-state index is 0.0472. The summed E-state index contributed by atoms with van der Waals surface area (Å²) in [6.45, 7) is 5.82. The first-order valence-electron chi connectivity index (χ1n) is 6.78. The largest absolute Gasteiger partial charge is 0.378 e. The zero-order valence-electron chi connectivity index (χ0n) is 12.0. The molecule has 21 heavy (non-hydrogen) atoms. The molecule has 0 aliphatic carbocycles. The van der Waals surface area contributed by atoms with Crippen LogP contribution in [0.3, 0.4) is 0 Å². The Morgan fingerprint density at radius 2 is 1.81 bits per heavy atom. The molecule has 1 unspecified atom stereocenters. The number of rotatable bonds is 6. The van der Waals surface area contributed by atoms with E-state index in [0.717, 1.165) is 17.7 Å². The van der Waals surface area contributed by atoms with Crippen LogP contribution in [0, 0.1) is 17.0 Å². The molecule has 4 nitrogen and oxygen atoms in total. The summed E-state index contributed by atoms with van der Waals surface area (Å²) in [7, 11) is 0. The van der Waals surface area contributed by atoms with Crippen LogP contribution in [-0.4, -0.2) is 4.92 Å². The Balaban J connectivity index is 2.19. The average Bonchev–Trinajstić information content (AvgIpc) is 2.49. The minimum atomic E-state index is -0.389. The van der Waals surface area contributed by atoms with Gasteiger partial charge in [-0.25, -0.2) is 0 Å². The van der Waals surface area contributed by atoms with Gasteiger partial charge in [-0.1, -0.05) is 35.9 Å². The highest BCUT2D eigenvalue weighted by molar-refractivity contribution is 5.47. The van der Waals surface area contributed by atoms with Crippen LogP contribution in [0.2, 0.25) is 0 Å². The summed E-state index contributed by atoms with van der Waals surface area (Å²) in [5.41, 5.74) is 3.33. The summed E-state index contributed by atoms with van der Waals surface area (Å²) in [5, 5.41) is 14.1. The lowest BCUT2D eigenvalue weighted by molar-refractivity contribution is -0.384. The van der Waals surface area contributed by atoms with Crippen LogP contribution in [0.5, 0.6) is 0 Å². The van der Waals surface area contributed by atoms with Gasteiger partial charge in [-0.05, 0) is 31.0 Å². The summed E-state index contributed by atoms with van der Waals surface area (Å²) in [6, 6.07) is 14.8. The highest BCUT2D eigenvalue weighted by Gasteiger charge is 2.12. The molecular formula is C17H18N2O2. The predicted molar refractivity (Wildman–Crippen MR) is 85.5 cm³/mol. The van der Waals surface area contributed by atoms with Crippen LogP contribution in [0.1, 0.15) is 23.6 Å². The van der Waals surface area contributed by atoms with Crippen molar-refractivity contribution in [1.82, 2.24) is 0 Å². The number of nitro benzene ring substituents is 1. The van der Waals surface area contributed by atoms with E-state index in [1.54, 1.807) is 12.1 Å². The average molecular weight is 282 g/mol. The molecule has 2 rings (SSSR count). The molecule has 4 heteroatoms. The van der Waals surface area contributed by atoms with Crippen LogP contribution in [0.4, 0.5) is 11.4 Å². The second-order valence-corrected chi connectivity index (χ2v) is 4.94. The first-order valence-corrected chi connectivity index (χ1v) is 6.78. The van der Waals surface area contributed by atoms with Crippen molar-refractivity contribution < 1.29 is 4.92 Å². The Hall–Kier alpha value is -2.62. The summed E-state index contributed by atoms with van der Waals surface area (Å²) in [6.07, 6.45) is 2.58. The van der Waals surface area contributed by atoms with Gasteiger partial charge in [-0.15, -0.1) is 6.58 Å². The topological polar surface area (TPSA) is 55.2 Å². The van der Waals surface area contributed by atoms with Crippen molar-refractivity contribution in [3.63, 3.8) is 0 Å². The zero-order valence-corrected chi connectivity index (χ0v) is 12.0. The van der Waals surface area contributed by atoms with Gasteiger partial charge >= 0.3 is 0 Å². The maximum Gasteiger partial charge on any atom is 0.269 e. The van der Waals surface area contributed by atoms with Gasteiger partial charge in [0.2, 0.25) is 0 Å². The molecule has 108 valence electrons. The summed E-state index contributed by atoms with van der Waals surface area (Å²) in [5.74, 6) is 0. The lowest BCUT2D eigenvalue weighted by Gasteiger charge is -2.19. The Labute approximate surface area is 124 Å². The van der Waals surface area contributed by atoms with Crippen molar-refractivity contribution in [1.29, 1.82) is 0 Å². The lowest BCUT2D eigenvalue weighted by Crippen LogP contribution is -2.10. The quantitative estimate of drug-likeness (QED) is 0.477. The van der Waals surface area contributed by atoms with Crippen molar-refractivity contribution in [2.75, 3.05) is 5.32 Å². The van der Waals surface area contributed by atoms with E-state index < -0.39 is 0 Å². The van der Waals surface area contributed by atoms with Gasteiger partial charge in [-0.2, -0.15) is 0 Å². The van der Waals surface area contributed by atoms with Crippen molar-refractivity contribution >= 4 is 11.4 Å². The number of anilines is 1. The van der Waals surface area contributed by atoms with Gasteiger partial charge in [0.15, 0.2) is 0 Å². The van der Waals surface area contributed by atoms with E-state index in [4.69, 9.17) is 0 Å². The third-order valence-electron chi connectivity index (χ3n) is 3.30. The van der Waals surface area contributed by atoms with E-state index in [-0.39, 0.29) is 16.7 Å². The van der Waals surface area contributed by atoms with Gasteiger partial charge in [0.25, 0.3) is 5.69 Å². The molecule has 0 radical (unpaired) electrons. The summed E-state index contributed by atoms with van der Waals surface area (Å²) >= 11 is 0. The second kappa shape index (κ2) is 6.70. The molecule has 0 spiro atoms. The molecule has 0 bridgehead atoms. The Morgan fingerprint density at radius 1 is 1.19 bits per heavy atom. The van der Waals surface area contributed by atoms with Crippen molar-refractivity contribution in [3.8, 4) is 0 Å². The van der Waals surface area contributed by atoms with Crippen molar-refractivity contribution in [3.05, 3.63) is 82.4 Å². The van der Waals surface area contributed by atoms with Crippen molar-refractivity contribution in [2.45, 2.75) is 19.4 Å². The fraction of sp³-hybridized carbons (Fsp3) is 0.176. The molecule has 0 heterocycles. The van der Waals surface area contributed by atoms with Crippen LogP contribution >= 0.6 is 0 Å². The highest BCUT2D eigenvalue weighted by atomic mass is 16.6. The summed E-state index contributed by atoms with van der Waals surface area (Å²) < 4.78 is 0. The number of hydrogen-bond donors (Lipinski definition) is 1. The number of non-ortho nitro benzene ring substituents is 1.